The van der Waals surface area contributed by atoms with E-state index in [-0.39, 0.29) is 5.57 Å². The van der Waals surface area contributed by atoms with Crippen LogP contribution in [0, 0.1) is 0 Å². The molecule has 0 saturated heterocycles. The van der Waals surface area contributed by atoms with Gasteiger partial charge in [-0.1, -0.05) is 31.7 Å². The Balaban J connectivity index is 0.000000325. The number of carboxylic acids is 1. The molecule has 0 bridgehead atoms. The molecule has 0 fully saturated rings. The van der Waals surface area contributed by atoms with E-state index in [0.717, 1.165) is 0 Å². The summed E-state index contributed by atoms with van der Waals surface area (Å²) >= 11 is 0. The van der Waals surface area contributed by atoms with Gasteiger partial charge in [0, 0.05) is 5.57 Å². The third kappa shape index (κ3) is 6.11. The molecule has 1 aromatic rings. The lowest BCUT2D eigenvalue weighted by Crippen LogP contribution is -2.00. The second-order valence-electron chi connectivity index (χ2n) is 3.01. The molecule has 0 aliphatic heterocycles. The minimum atomic E-state index is -0.900. The number of hydrogen-bond acceptors (Lipinski definition) is 4. The second-order valence-corrected chi connectivity index (χ2v) is 3.01. The molecule has 1 aromatic carbocycles. The molecule has 0 unspecified atom stereocenters. The van der Waals surface area contributed by atoms with Gasteiger partial charge >= 0.3 is 11.9 Å². The Morgan fingerprint density at radius 3 is 2.12 bits per heavy atom. The summed E-state index contributed by atoms with van der Waals surface area (Å²) in [5, 5.41) is 16.0. The normalized spacial score (nSPS) is 8.59. The smallest absolute Gasteiger partial charge is 0.372 e. The zero-order chi connectivity index (χ0) is 13.3. The van der Waals surface area contributed by atoms with E-state index in [4.69, 9.17) is 10.4 Å². The topological polar surface area (TPSA) is 83.8 Å². The summed E-state index contributed by atoms with van der Waals surface area (Å²) in [5.41, 5.74) is 0.602. The molecule has 0 aliphatic carbocycles. The van der Waals surface area contributed by atoms with Gasteiger partial charge < -0.3 is 5.11 Å². The third-order valence-electron chi connectivity index (χ3n) is 1.82. The highest BCUT2D eigenvalue weighted by atomic mass is 17.1. The minimum Gasteiger partial charge on any atom is -0.478 e. The molecule has 0 spiro atoms. The summed E-state index contributed by atoms with van der Waals surface area (Å²) in [4.78, 5) is 23.9. The van der Waals surface area contributed by atoms with Gasteiger partial charge in [0.25, 0.3) is 0 Å². The van der Waals surface area contributed by atoms with Crippen LogP contribution in [0.4, 0.5) is 0 Å². The molecule has 0 atom stereocenters. The van der Waals surface area contributed by atoms with Crippen LogP contribution >= 0.6 is 0 Å². The summed E-state index contributed by atoms with van der Waals surface area (Å²) in [5.74, 6) is -1.64. The van der Waals surface area contributed by atoms with E-state index in [2.05, 4.69) is 11.5 Å². The summed E-state index contributed by atoms with van der Waals surface area (Å²) in [7, 11) is 0. The van der Waals surface area contributed by atoms with Gasteiger partial charge in [-0.15, -0.1) is 0 Å². The Hall–Kier alpha value is -2.14. The van der Waals surface area contributed by atoms with E-state index < -0.39 is 11.9 Å². The van der Waals surface area contributed by atoms with Crippen LogP contribution in [0.3, 0.4) is 0 Å². The average molecular weight is 238 g/mol. The van der Waals surface area contributed by atoms with Gasteiger partial charge in [0.05, 0.1) is 5.56 Å². The van der Waals surface area contributed by atoms with Crippen molar-refractivity contribution in [3.8, 4) is 0 Å². The Morgan fingerprint density at radius 1 is 1.29 bits per heavy atom. The summed E-state index contributed by atoms with van der Waals surface area (Å²) in [6, 6.07) is 8.25. The quantitative estimate of drug-likeness (QED) is 0.479. The fourth-order valence-corrected chi connectivity index (χ4v) is 0.778. The number of carboxylic acid groups (broad SMARTS) is 1. The van der Waals surface area contributed by atoms with Crippen molar-refractivity contribution in [2.75, 3.05) is 0 Å². The number of carbonyl (C=O) groups excluding carboxylic acids is 1. The van der Waals surface area contributed by atoms with Crippen molar-refractivity contribution in [3.05, 3.63) is 48.0 Å². The van der Waals surface area contributed by atoms with Crippen molar-refractivity contribution in [3.63, 3.8) is 0 Å². The zero-order valence-electron chi connectivity index (χ0n) is 9.42. The summed E-state index contributed by atoms with van der Waals surface area (Å²) in [6.45, 7) is 5.03. The predicted octanol–water partition coefficient (Wildman–Crippen LogP) is 2.35. The Kier molecular flexibility index (Phi) is 7.05. The monoisotopic (exact) mass is 238 g/mol. The first-order chi connectivity index (χ1) is 8.02. The molecule has 5 nitrogen and oxygen atoms in total. The largest absolute Gasteiger partial charge is 0.478 e. The van der Waals surface area contributed by atoms with Crippen LogP contribution in [-0.2, 0) is 9.68 Å². The summed E-state index contributed by atoms with van der Waals surface area (Å²) in [6.07, 6.45) is 0.523. The van der Waals surface area contributed by atoms with E-state index in [1.807, 2.05) is 0 Å². The first-order valence-electron chi connectivity index (χ1n) is 4.84. The molecular weight excluding hydrogens is 224 g/mol. The van der Waals surface area contributed by atoms with E-state index in [0.29, 0.717) is 12.0 Å². The molecule has 0 amide bonds. The number of benzene rings is 1. The fraction of sp³-hybridized carbons (Fsp3) is 0.167. The lowest BCUT2D eigenvalue weighted by Gasteiger charge is -1.92. The van der Waals surface area contributed by atoms with Gasteiger partial charge in [0.15, 0.2) is 0 Å². The molecule has 5 heteroatoms. The van der Waals surface area contributed by atoms with E-state index in [9.17, 15) is 9.59 Å². The van der Waals surface area contributed by atoms with Crippen molar-refractivity contribution >= 4 is 11.9 Å². The molecule has 17 heavy (non-hydrogen) atoms. The molecule has 1 rings (SSSR count). The molecule has 0 radical (unpaired) electrons. The first kappa shape index (κ1) is 14.9. The highest BCUT2D eigenvalue weighted by molar-refractivity contribution is 5.88. The van der Waals surface area contributed by atoms with Crippen molar-refractivity contribution in [1.29, 1.82) is 0 Å². The van der Waals surface area contributed by atoms with E-state index in [1.54, 1.807) is 37.3 Å². The molecule has 2 N–H and O–H groups in total. The Labute approximate surface area is 98.9 Å². The van der Waals surface area contributed by atoms with Gasteiger partial charge in [-0.25, -0.2) is 9.59 Å². The van der Waals surface area contributed by atoms with Gasteiger partial charge in [-0.3, -0.25) is 4.89 Å². The predicted molar refractivity (Wildman–Crippen MR) is 61.6 cm³/mol. The van der Waals surface area contributed by atoms with Crippen molar-refractivity contribution in [2.24, 2.45) is 0 Å². The van der Waals surface area contributed by atoms with Crippen molar-refractivity contribution in [1.82, 2.24) is 0 Å². The SMILES string of the molecule is C=C(CC)C(=O)O.O=C(OO)c1ccccc1. The number of carbonyl (C=O) groups is 2. The highest BCUT2D eigenvalue weighted by Gasteiger charge is 2.02. The number of hydrogen-bond donors (Lipinski definition) is 2. The number of rotatable bonds is 3. The Morgan fingerprint density at radius 2 is 1.82 bits per heavy atom. The second kappa shape index (κ2) is 8.06. The molecule has 0 aliphatic rings. The first-order valence-corrected chi connectivity index (χ1v) is 4.84. The van der Waals surface area contributed by atoms with Crippen LogP contribution in [0.25, 0.3) is 0 Å². The van der Waals surface area contributed by atoms with Crippen LogP contribution < -0.4 is 0 Å². The van der Waals surface area contributed by atoms with Gasteiger partial charge in [-0.05, 0) is 18.6 Å². The maximum Gasteiger partial charge on any atom is 0.372 e. The van der Waals surface area contributed by atoms with Crippen LogP contribution in [0.1, 0.15) is 23.7 Å². The maximum absolute atomic E-state index is 10.5. The lowest BCUT2D eigenvalue weighted by molar-refractivity contribution is -0.182. The summed E-state index contributed by atoms with van der Waals surface area (Å²) < 4.78 is 0. The van der Waals surface area contributed by atoms with E-state index in [1.165, 1.54) is 0 Å². The van der Waals surface area contributed by atoms with Gasteiger partial charge in [0.1, 0.15) is 0 Å². The van der Waals surface area contributed by atoms with Gasteiger partial charge in [0.2, 0.25) is 0 Å². The maximum atomic E-state index is 10.5. The molecule has 92 valence electrons. The highest BCUT2D eigenvalue weighted by Crippen LogP contribution is 1.98. The molecule has 0 heterocycles. The minimum absolute atomic E-state index is 0.264. The van der Waals surface area contributed by atoms with Crippen LogP contribution in [-0.4, -0.2) is 22.3 Å². The molecule has 0 saturated carbocycles. The third-order valence-corrected chi connectivity index (χ3v) is 1.82. The molecule has 0 aromatic heterocycles. The zero-order valence-corrected chi connectivity index (χ0v) is 9.42. The fourth-order valence-electron chi connectivity index (χ4n) is 0.778. The Bertz CT molecular complexity index is 383. The van der Waals surface area contributed by atoms with Crippen LogP contribution in [0.15, 0.2) is 42.5 Å². The number of aliphatic carboxylic acids is 1. The van der Waals surface area contributed by atoms with Crippen LogP contribution in [0.5, 0.6) is 0 Å². The standard InChI is InChI=1S/C7H6O3.C5H8O2/c8-7(10-9)6-4-2-1-3-5-6;1-3-4(2)5(6)7/h1-5,9H;2-3H2,1H3,(H,6,7). The van der Waals surface area contributed by atoms with Gasteiger partial charge in [-0.2, -0.15) is 5.26 Å². The molecular formula is C12H14O5. The van der Waals surface area contributed by atoms with Crippen LogP contribution in [0.2, 0.25) is 0 Å². The van der Waals surface area contributed by atoms with E-state index >= 15 is 0 Å². The average Bonchev–Trinajstić information content (AvgIpc) is 2.38. The van der Waals surface area contributed by atoms with Crippen molar-refractivity contribution in [2.45, 2.75) is 13.3 Å². The lowest BCUT2D eigenvalue weighted by atomic mass is 10.2. The van der Waals surface area contributed by atoms with Crippen molar-refractivity contribution < 1.29 is 24.8 Å².